The molecular formula is C30H20N12. The fourth-order valence-corrected chi connectivity index (χ4v) is 4.07. The molecule has 12 heteroatoms. The number of fused-ring (bicyclic) bond motifs is 6. The highest BCUT2D eigenvalue weighted by molar-refractivity contribution is 6.19. The smallest absolute Gasteiger partial charge is 0.120 e. The molecule has 200 valence electrons. The molecule has 1 atom stereocenters. The quantitative estimate of drug-likeness (QED) is 0.159. The predicted octanol–water partition coefficient (Wildman–Crippen LogP) is 5.12. The molecule has 1 aliphatic heterocycles. The first-order valence-corrected chi connectivity index (χ1v) is 12.2. The van der Waals surface area contributed by atoms with Crippen LogP contribution in [-0.2, 0) is 0 Å². The molecule has 2 aromatic heterocycles. The molecule has 1 aliphatic rings. The van der Waals surface area contributed by atoms with E-state index in [4.69, 9.17) is 56.9 Å². The van der Waals surface area contributed by atoms with Gasteiger partial charge in [0.2, 0.25) is 0 Å². The lowest BCUT2D eigenvalue weighted by Gasteiger charge is -2.25. The Labute approximate surface area is 240 Å². The second-order valence-corrected chi connectivity index (χ2v) is 8.26. The van der Waals surface area contributed by atoms with Crippen LogP contribution in [0.3, 0.4) is 0 Å². The molecule has 3 aromatic rings. The molecule has 0 spiro atoms. The summed E-state index contributed by atoms with van der Waals surface area (Å²) in [4.78, 5) is 24.1. The summed E-state index contributed by atoms with van der Waals surface area (Å²) in [6.07, 6.45) is 21.0. The molecule has 1 aromatic carbocycles. The normalized spacial score (nSPS) is 14.9. The summed E-state index contributed by atoms with van der Waals surface area (Å²) in [5.74, 6) is 0. The van der Waals surface area contributed by atoms with E-state index >= 15 is 0 Å². The highest BCUT2D eigenvalue weighted by Gasteiger charge is 2.27. The number of nitrogens with zero attached hydrogens (tertiary/aromatic N) is 8. The monoisotopic (exact) mass is 548 g/mol. The third-order valence-corrected chi connectivity index (χ3v) is 5.74. The molecule has 4 rings (SSSR count). The van der Waals surface area contributed by atoms with Crippen molar-refractivity contribution >= 4 is 82.1 Å². The van der Waals surface area contributed by atoms with Gasteiger partial charge in [-0.2, -0.15) is 15.8 Å². The fourth-order valence-electron chi connectivity index (χ4n) is 4.07. The molecule has 0 fully saturated rings. The van der Waals surface area contributed by atoms with Gasteiger partial charge in [0.15, 0.2) is 0 Å². The number of hydrogen-bond acceptors (Lipinski definition) is 12. The largest absolute Gasteiger partial charge is 0.370 e. The Balaban J connectivity index is 2.24. The predicted molar refractivity (Wildman–Crippen MR) is 165 cm³/mol. The highest BCUT2D eigenvalue weighted by atomic mass is 15.0. The first-order chi connectivity index (χ1) is 20.6. The van der Waals surface area contributed by atoms with Gasteiger partial charge in [-0.3, -0.25) is 0 Å². The van der Waals surface area contributed by atoms with Crippen molar-refractivity contribution in [1.29, 1.82) is 32.0 Å². The van der Waals surface area contributed by atoms with Gasteiger partial charge in [0, 0.05) is 36.9 Å². The molecule has 0 aliphatic carbocycles. The Morgan fingerprint density at radius 3 is 1.62 bits per heavy atom. The Bertz CT molecular complexity index is 1950. The van der Waals surface area contributed by atoms with Crippen molar-refractivity contribution in [3.05, 3.63) is 71.4 Å². The van der Waals surface area contributed by atoms with Gasteiger partial charge >= 0.3 is 0 Å². The minimum atomic E-state index is -0.536. The summed E-state index contributed by atoms with van der Waals surface area (Å²) in [6, 6.07) is 5.32. The lowest BCUT2D eigenvalue weighted by atomic mass is 10.0. The van der Waals surface area contributed by atoms with Gasteiger partial charge in [-0.1, -0.05) is 6.08 Å². The maximum absolute atomic E-state index is 9.17. The molecule has 1 unspecified atom stereocenters. The van der Waals surface area contributed by atoms with Gasteiger partial charge in [-0.15, -0.1) is 0 Å². The second-order valence-electron chi connectivity index (χ2n) is 8.26. The van der Waals surface area contributed by atoms with E-state index in [9.17, 15) is 0 Å². The number of rotatable bonds is 9. The highest BCUT2D eigenvalue weighted by Crippen LogP contribution is 2.43. The van der Waals surface area contributed by atoms with Crippen molar-refractivity contribution in [2.75, 3.05) is 5.32 Å². The van der Waals surface area contributed by atoms with E-state index in [1.54, 1.807) is 24.3 Å². The first kappa shape index (κ1) is 28.3. The maximum atomic E-state index is 9.17. The second kappa shape index (κ2) is 13.4. The third-order valence-electron chi connectivity index (χ3n) is 5.74. The van der Waals surface area contributed by atoms with Crippen LogP contribution >= 0.6 is 0 Å². The van der Waals surface area contributed by atoms with Crippen LogP contribution in [0.4, 0.5) is 11.4 Å². The lowest BCUT2D eigenvalue weighted by Crippen LogP contribution is -2.29. The van der Waals surface area contributed by atoms with Crippen LogP contribution in [0.1, 0.15) is 22.8 Å². The summed E-state index contributed by atoms with van der Waals surface area (Å²) in [7, 11) is 0. The van der Waals surface area contributed by atoms with Gasteiger partial charge in [0.25, 0.3) is 0 Å². The van der Waals surface area contributed by atoms with Crippen molar-refractivity contribution in [1.82, 2.24) is 19.9 Å². The molecule has 42 heavy (non-hydrogen) atoms. The number of aromatic nitrogens is 4. The van der Waals surface area contributed by atoms with E-state index in [0.717, 1.165) is 18.6 Å². The summed E-state index contributed by atoms with van der Waals surface area (Å²) >= 11 is 0. The number of allylic oxidation sites excluding steroid dienone is 6. The van der Waals surface area contributed by atoms with Crippen LogP contribution in [0.2, 0.25) is 0 Å². The fraction of sp³-hybridized carbons (Fsp3) is 0.0333. The van der Waals surface area contributed by atoms with Crippen molar-refractivity contribution < 1.29 is 0 Å². The van der Waals surface area contributed by atoms with E-state index in [1.807, 2.05) is 18.2 Å². The lowest BCUT2D eigenvalue weighted by molar-refractivity contribution is 1.13. The molecule has 12 nitrogen and oxygen atoms in total. The summed E-state index contributed by atoms with van der Waals surface area (Å²) in [5.41, 5.74) is 4.14. The molecule has 0 saturated carbocycles. The standard InChI is InChI=1S/C30H20N12/c31-13-1-7-19-20(8-2-14-32)38-26-25(37-19)27-29(41-22(10-4-16-34)21(39-27)9-3-15-33)30-28(26)40-23(11-5-17-35)24(42-30)12-6-18-36/h1-13,15,17,21,31,33,35,39H/b7-1+,8-2+,9-3+,10-4+,11-5+,12-6+,31-13?,33-15?,35-17?. The average molecular weight is 549 g/mol. The van der Waals surface area contributed by atoms with E-state index in [-0.39, 0.29) is 0 Å². The molecule has 0 radical (unpaired) electrons. The Morgan fingerprint density at radius 1 is 0.595 bits per heavy atom. The average Bonchev–Trinajstić information content (AvgIpc) is 3.01. The molecular weight excluding hydrogens is 528 g/mol. The number of aliphatic imine (C=N–C) groups is 1. The maximum Gasteiger partial charge on any atom is 0.120 e. The molecule has 0 saturated heterocycles. The van der Waals surface area contributed by atoms with Crippen molar-refractivity contribution in [2.24, 2.45) is 4.99 Å². The topological polar surface area (TPSA) is 219 Å². The van der Waals surface area contributed by atoms with Crippen molar-refractivity contribution in [3.8, 4) is 18.2 Å². The molecule has 4 N–H and O–H groups in total. The first-order valence-electron chi connectivity index (χ1n) is 12.2. The minimum absolute atomic E-state index is 0.326. The van der Waals surface area contributed by atoms with Gasteiger partial charge in [0.05, 0.1) is 58.4 Å². The van der Waals surface area contributed by atoms with Crippen molar-refractivity contribution in [2.45, 2.75) is 6.04 Å². The zero-order valence-corrected chi connectivity index (χ0v) is 21.8. The van der Waals surface area contributed by atoms with Gasteiger partial charge < -0.3 is 21.5 Å². The zero-order chi connectivity index (χ0) is 29.9. The molecule has 3 heterocycles. The summed E-state index contributed by atoms with van der Waals surface area (Å²) in [5, 5.41) is 53.1. The number of hydrogen-bond donors (Lipinski definition) is 4. The van der Waals surface area contributed by atoms with Gasteiger partial charge in [0.1, 0.15) is 27.8 Å². The molecule has 0 bridgehead atoms. The zero-order valence-electron chi connectivity index (χ0n) is 21.8. The minimum Gasteiger partial charge on any atom is -0.370 e. The van der Waals surface area contributed by atoms with E-state index in [1.165, 1.54) is 48.6 Å². The van der Waals surface area contributed by atoms with Gasteiger partial charge in [-0.05, 0) is 48.6 Å². The summed E-state index contributed by atoms with van der Waals surface area (Å²) < 4.78 is 0. The molecule has 0 amide bonds. The van der Waals surface area contributed by atoms with Crippen LogP contribution < -0.4 is 5.32 Å². The van der Waals surface area contributed by atoms with E-state index in [2.05, 4.69) is 5.32 Å². The Kier molecular flexibility index (Phi) is 9.02. The number of nitriles is 3. The third kappa shape index (κ3) is 5.81. The van der Waals surface area contributed by atoms with Crippen LogP contribution in [0, 0.1) is 50.2 Å². The van der Waals surface area contributed by atoms with Crippen LogP contribution in [0.25, 0.3) is 46.4 Å². The Hall–Kier alpha value is -6.71. The number of anilines is 1. The summed E-state index contributed by atoms with van der Waals surface area (Å²) in [6.45, 7) is 0. The van der Waals surface area contributed by atoms with Crippen molar-refractivity contribution in [3.63, 3.8) is 0 Å². The SMILES string of the molecule is N#C/C=C/C1=Nc2c(c3nc(/C=C/C=N)c(/C=C/C#N)nc3c3nc(/C=C/C=N)c(/C=C/C#N)nc23)NC1/C=C/C=N. The van der Waals surface area contributed by atoms with Crippen LogP contribution in [0.15, 0.2) is 53.6 Å². The van der Waals surface area contributed by atoms with Crippen LogP contribution in [-0.4, -0.2) is 50.3 Å². The van der Waals surface area contributed by atoms with E-state index < -0.39 is 6.04 Å². The van der Waals surface area contributed by atoms with Crippen LogP contribution in [0.5, 0.6) is 0 Å². The number of nitrogens with one attached hydrogen (secondary N) is 4. The number of benzene rings is 1. The Morgan fingerprint density at radius 2 is 1.07 bits per heavy atom. The van der Waals surface area contributed by atoms with Gasteiger partial charge in [-0.25, -0.2) is 24.9 Å². The van der Waals surface area contributed by atoms with E-state index in [0.29, 0.717) is 61.9 Å².